The van der Waals surface area contributed by atoms with Crippen molar-refractivity contribution in [1.29, 1.82) is 0 Å². The second-order valence-electron chi connectivity index (χ2n) is 5.73. The van der Waals surface area contributed by atoms with E-state index in [4.69, 9.17) is 0 Å². The van der Waals surface area contributed by atoms with Gasteiger partial charge in [-0.05, 0) is 47.5 Å². The van der Waals surface area contributed by atoms with Crippen molar-refractivity contribution in [2.45, 2.75) is 22.3 Å². The van der Waals surface area contributed by atoms with Gasteiger partial charge in [-0.1, -0.05) is 42.5 Å². The summed E-state index contributed by atoms with van der Waals surface area (Å²) in [6.45, 7) is 0. The molecular weight excluding hydrogens is 382 g/mol. The zero-order valence-electron chi connectivity index (χ0n) is 14.7. The van der Waals surface area contributed by atoms with Crippen molar-refractivity contribution >= 4 is 9.84 Å². The van der Waals surface area contributed by atoms with Crippen LogP contribution in [0.15, 0.2) is 88.7 Å². The van der Waals surface area contributed by atoms with Crippen LogP contribution in [0.25, 0.3) is 0 Å². The summed E-state index contributed by atoms with van der Waals surface area (Å²) in [5.41, 5.74) is 1.41. The fourth-order valence-corrected chi connectivity index (χ4v) is 3.85. The van der Waals surface area contributed by atoms with Crippen LogP contribution in [-0.2, 0) is 16.3 Å². The number of sulfone groups is 1. The van der Waals surface area contributed by atoms with Gasteiger partial charge in [0.15, 0.2) is 0 Å². The van der Waals surface area contributed by atoms with Crippen molar-refractivity contribution in [3.8, 4) is 0 Å². The summed E-state index contributed by atoms with van der Waals surface area (Å²) in [5, 5.41) is 10.3. The molecule has 3 rings (SSSR count). The second kappa shape index (κ2) is 10.1. The SMILES string of the molecule is O=S(=O)(c1ccccc1)c1ccc(C(O)Cc2ccc(F)cc2)cc1.[Cl-].[Li+]. The molecule has 0 saturated heterocycles. The van der Waals surface area contributed by atoms with Crippen LogP contribution in [0.2, 0.25) is 0 Å². The van der Waals surface area contributed by atoms with Gasteiger partial charge in [-0.2, -0.15) is 0 Å². The third-order valence-corrected chi connectivity index (χ3v) is 5.76. The number of aliphatic hydroxyl groups excluding tert-OH is 1. The Morgan fingerprint density at radius 1 is 0.815 bits per heavy atom. The van der Waals surface area contributed by atoms with E-state index in [9.17, 15) is 17.9 Å². The van der Waals surface area contributed by atoms with Gasteiger partial charge in [-0.25, -0.2) is 12.8 Å². The van der Waals surface area contributed by atoms with Crippen molar-refractivity contribution < 1.29 is 49.2 Å². The minimum atomic E-state index is -3.57. The van der Waals surface area contributed by atoms with E-state index in [0.29, 0.717) is 12.0 Å². The molecule has 0 bridgehead atoms. The Hall–Kier alpha value is -1.61. The Morgan fingerprint density at radius 2 is 1.33 bits per heavy atom. The Morgan fingerprint density at radius 3 is 1.89 bits per heavy atom. The smallest absolute Gasteiger partial charge is 1.00 e. The van der Waals surface area contributed by atoms with E-state index in [1.807, 2.05) is 0 Å². The molecule has 0 aromatic heterocycles. The molecule has 27 heavy (non-hydrogen) atoms. The predicted molar refractivity (Wildman–Crippen MR) is 93.4 cm³/mol. The molecule has 0 aliphatic rings. The van der Waals surface area contributed by atoms with Gasteiger partial charge < -0.3 is 17.5 Å². The molecule has 1 unspecified atom stereocenters. The molecule has 3 aromatic rings. The molecular formula is C20H17ClFLiO3S. The number of hydrogen-bond acceptors (Lipinski definition) is 3. The molecule has 0 amide bonds. The zero-order chi connectivity index (χ0) is 17.9. The molecule has 1 atom stereocenters. The number of benzene rings is 3. The number of halogens is 2. The van der Waals surface area contributed by atoms with Gasteiger partial charge in [-0.15, -0.1) is 0 Å². The van der Waals surface area contributed by atoms with Crippen LogP contribution in [0.5, 0.6) is 0 Å². The summed E-state index contributed by atoms with van der Waals surface area (Å²) < 4.78 is 38.0. The van der Waals surface area contributed by atoms with Gasteiger partial charge >= 0.3 is 18.9 Å². The maximum Gasteiger partial charge on any atom is 1.00 e. The van der Waals surface area contributed by atoms with E-state index in [0.717, 1.165) is 5.56 Å². The normalized spacial score (nSPS) is 11.8. The zero-order valence-corrected chi connectivity index (χ0v) is 16.3. The number of aliphatic hydroxyl groups is 1. The Balaban J connectivity index is 0.00000182. The Labute approximate surface area is 176 Å². The third kappa shape index (κ3) is 5.68. The summed E-state index contributed by atoms with van der Waals surface area (Å²) in [7, 11) is -3.57. The standard InChI is InChI=1S/C20H17FO3S.ClH.Li/c21-17-10-6-15(7-11-17)14-20(22)16-8-12-19(13-9-16)25(23,24)18-4-2-1-3-5-18;;/h1-13,20,22H,14H2;1H;/q;;+1/p-1. The van der Waals surface area contributed by atoms with Gasteiger partial charge in [0, 0.05) is 6.42 Å². The fraction of sp³-hybridized carbons (Fsp3) is 0.100. The maximum absolute atomic E-state index is 12.9. The molecule has 0 radical (unpaired) electrons. The minimum Gasteiger partial charge on any atom is -1.00 e. The largest absolute Gasteiger partial charge is 1.00 e. The van der Waals surface area contributed by atoms with Crippen molar-refractivity contribution in [2.24, 2.45) is 0 Å². The summed E-state index contributed by atoms with van der Waals surface area (Å²) in [6, 6.07) is 20.3. The van der Waals surface area contributed by atoms with E-state index in [1.54, 1.807) is 54.6 Å². The van der Waals surface area contributed by atoms with Crippen molar-refractivity contribution in [1.82, 2.24) is 0 Å². The van der Waals surface area contributed by atoms with Crippen molar-refractivity contribution in [3.05, 3.63) is 95.8 Å². The molecule has 3 nitrogen and oxygen atoms in total. The van der Waals surface area contributed by atoms with Crippen LogP contribution in [-0.4, -0.2) is 13.5 Å². The third-order valence-electron chi connectivity index (χ3n) is 3.97. The van der Waals surface area contributed by atoms with Crippen molar-refractivity contribution in [3.63, 3.8) is 0 Å². The monoisotopic (exact) mass is 398 g/mol. The molecule has 0 heterocycles. The topological polar surface area (TPSA) is 54.4 Å². The first-order valence-electron chi connectivity index (χ1n) is 7.79. The molecule has 3 aromatic carbocycles. The van der Waals surface area contributed by atoms with Gasteiger partial charge in [0.25, 0.3) is 0 Å². The summed E-state index contributed by atoms with van der Waals surface area (Å²) >= 11 is 0. The van der Waals surface area contributed by atoms with E-state index in [-0.39, 0.29) is 46.9 Å². The van der Waals surface area contributed by atoms with Crippen LogP contribution in [0, 0.1) is 5.82 Å². The number of rotatable bonds is 5. The van der Waals surface area contributed by atoms with Crippen LogP contribution in [0.4, 0.5) is 4.39 Å². The van der Waals surface area contributed by atoms with Crippen LogP contribution in [0.1, 0.15) is 17.2 Å². The molecule has 0 fully saturated rings. The summed E-state index contributed by atoms with van der Waals surface area (Å²) in [5.74, 6) is -0.325. The van der Waals surface area contributed by atoms with Crippen LogP contribution < -0.4 is 31.3 Å². The van der Waals surface area contributed by atoms with Gasteiger partial charge in [-0.3, -0.25) is 0 Å². The first kappa shape index (κ1) is 23.4. The molecule has 0 saturated carbocycles. The van der Waals surface area contributed by atoms with Gasteiger partial charge in [0.1, 0.15) is 5.82 Å². The first-order chi connectivity index (χ1) is 12.0. The van der Waals surface area contributed by atoms with E-state index >= 15 is 0 Å². The molecule has 0 spiro atoms. The fourth-order valence-electron chi connectivity index (χ4n) is 2.57. The quantitative estimate of drug-likeness (QED) is 0.503. The van der Waals surface area contributed by atoms with E-state index in [1.165, 1.54) is 24.3 Å². The Bertz CT molecular complexity index is 947. The molecule has 0 aliphatic heterocycles. The van der Waals surface area contributed by atoms with Crippen molar-refractivity contribution in [2.75, 3.05) is 0 Å². The molecule has 1 N–H and O–H groups in total. The van der Waals surface area contributed by atoms with E-state index in [2.05, 4.69) is 0 Å². The molecule has 0 aliphatic carbocycles. The summed E-state index contributed by atoms with van der Waals surface area (Å²) in [4.78, 5) is 0.408. The molecule has 7 heteroatoms. The summed E-state index contributed by atoms with van der Waals surface area (Å²) in [6.07, 6.45) is -0.468. The Kier molecular flexibility index (Phi) is 8.74. The maximum atomic E-state index is 12.9. The first-order valence-corrected chi connectivity index (χ1v) is 9.28. The van der Waals surface area contributed by atoms with Crippen LogP contribution >= 0.6 is 0 Å². The predicted octanol–water partition coefficient (Wildman–Crippen LogP) is -2.06. The molecule has 136 valence electrons. The van der Waals surface area contributed by atoms with E-state index < -0.39 is 15.9 Å². The average Bonchev–Trinajstić information content (AvgIpc) is 2.64. The van der Waals surface area contributed by atoms with Gasteiger partial charge in [0.05, 0.1) is 15.9 Å². The second-order valence-corrected chi connectivity index (χ2v) is 7.68. The minimum absolute atomic E-state index is 0. The van der Waals surface area contributed by atoms with Gasteiger partial charge in [0.2, 0.25) is 9.84 Å². The average molecular weight is 399 g/mol. The van der Waals surface area contributed by atoms with Crippen LogP contribution in [0.3, 0.4) is 0 Å². The number of hydrogen-bond donors (Lipinski definition) is 1.